The SMILES string of the molecule is Cl.N[C@@H]1CCC[C@H]1CC(=O)N1CCC(NS(=O)(=O)c2ccccc2)CC1. The summed E-state index contributed by atoms with van der Waals surface area (Å²) < 4.78 is 27.5. The van der Waals surface area contributed by atoms with Crippen LogP contribution in [0.15, 0.2) is 35.2 Å². The molecular formula is C18H28ClN3O3S. The lowest BCUT2D eigenvalue weighted by Crippen LogP contribution is -2.47. The summed E-state index contributed by atoms with van der Waals surface area (Å²) in [5, 5.41) is 0. The Labute approximate surface area is 162 Å². The summed E-state index contributed by atoms with van der Waals surface area (Å²) >= 11 is 0. The fourth-order valence-corrected chi connectivity index (χ4v) is 5.13. The molecule has 1 aromatic rings. The summed E-state index contributed by atoms with van der Waals surface area (Å²) in [6.45, 7) is 1.20. The number of benzene rings is 1. The van der Waals surface area contributed by atoms with Crippen LogP contribution in [0.1, 0.15) is 38.5 Å². The van der Waals surface area contributed by atoms with Crippen LogP contribution in [0.25, 0.3) is 0 Å². The van der Waals surface area contributed by atoms with Gasteiger partial charge in [-0.05, 0) is 43.7 Å². The number of nitrogens with zero attached hydrogens (tertiary/aromatic N) is 1. The summed E-state index contributed by atoms with van der Waals surface area (Å²) in [5.74, 6) is 0.466. The number of rotatable bonds is 5. The van der Waals surface area contributed by atoms with E-state index in [1.165, 1.54) is 0 Å². The van der Waals surface area contributed by atoms with Gasteiger partial charge >= 0.3 is 0 Å². The molecule has 1 aliphatic heterocycles. The number of hydrogen-bond donors (Lipinski definition) is 2. The molecule has 0 aromatic heterocycles. The summed E-state index contributed by atoms with van der Waals surface area (Å²) in [6.07, 6.45) is 4.99. The van der Waals surface area contributed by atoms with Crippen LogP contribution >= 0.6 is 12.4 Å². The van der Waals surface area contributed by atoms with Gasteiger partial charge in [0, 0.05) is 31.6 Å². The van der Waals surface area contributed by atoms with Crippen molar-refractivity contribution in [3.8, 4) is 0 Å². The van der Waals surface area contributed by atoms with Crippen molar-refractivity contribution in [1.82, 2.24) is 9.62 Å². The molecule has 3 N–H and O–H groups in total. The lowest BCUT2D eigenvalue weighted by atomic mass is 9.98. The van der Waals surface area contributed by atoms with E-state index < -0.39 is 10.0 Å². The molecule has 0 radical (unpaired) electrons. The largest absolute Gasteiger partial charge is 0.343 e. The van der Waals surface area contributed by atoms with Crippen LogP contribution in [0.3, 0.4) is 0 Å². The van der Waals surface area contributed by atoms with Gasteiger partial charge in [-0.25, -0.2) is 13.1 Å². The average molecular weight is 402 g/mol. The summed E-state index contributed by atoms with van der Waals surface area (Å²) in [5.41, 5.74) is 6.06. The Morgan fingerprint density at radius 2 is 1.77 bits per heavy atom. The van der Waals surface area contributed by atoms with Crippen LogP contribution in [0, 0.1) is 5.92 Å². The Kier molecular flexibility index (Phi) is 7.46. The minimum Gasteiger partial charge on any atom is -0.343 e. The number of nitrogens with one attached hydrogen (secondary N) is 1. The topological polar surface area (TPSA) is 92.5 Å². The predicted octanol–water partition coefficient (Wildman–Crippen LogP) is 1.90. The lowest BCUT2D eigenvalue weighted by molar-refractivity contribution is -0.133. The van der Waals surface area contributed by atoms with E-state index in [9.17, 15) is 13.2 Å². The number of nitrogens with two attached hydrogens (primary N) is 1. The molecule has 0 bridgehead atoms. The highest BCUT2D eigenvalue weighted by atomic mass is 35.5. The van der Waals surface area contributed by atoms with E-state index in [1.54, 1.807) is 30.3 Å². The van der Waals surface area contributed by atoms with Gasteiger partial charge in [-0.3, -0.25) is 4.79 Å². The van der Waals surface area contributed by atoms with E-state index in [1.807, 2.05) is 4.90 Å². The molecule has 146 valence electrons. The fourth-order valence-electron chi connectivity index (χ4n) is 3.81. The number of sulfonamides is 1. The van der Waals surface area contributed by atoms with E-state index in [0.29, 0.717) is 38.3 Å². The Bertz CT molecular complexity index is 691. The third-order valence-electron chi connectivity index (χ3n) is 5.38. The molecule has 2 fully saturated rings. The molecule has 1 saturated heterocycles. The third kappa shape index (κ3) is 5.19. The van der Waals surface area contributed by atoms with E-state index in [2.05, 4.69) is 4.72 Å². The molecule has 1 heterocycles. The van der Waals surface area contributed by atoms with Gasteiger partial charge in [-0.2, -0.15) is 0 Å². The Hall–Kier alpha value is -1.15. The Morgan fingerprint density at radius 3 is 2.35 bits per heavy atom. The zero-order valence-corrected chi connectivity index (χ0v) is 16.5. The molecule has 0 unspecified atom stereocenters. The molecular weight excluding hydrogens is 374 g/mol. The molecule has 1 aliphatic carbocycles. The summed E-state index contributed by atoms with van der Waals surface area (Å²) in [4.78, 5) is 14.6. The maximum absolute atomic E-state index is 12.4. The van der Waals surface area contributed by atoms with E-state index in [0.717, 1.165) is 19.3 Å². The predicted molar refractivity (Wildman–Crippen MR) is 104 cm³/mol. The van der Waals surface area contributed by atoms with Crippen molar-refractivity contribution in [2.75, 3.05) is 13.1 Å². The first kappa shape index (κ1) is 21.2. The average Bonchev–Trinajstić information content (AvgIpc) is 3.01. The molecule has 8 heteroatoms. The zero-order chi connectivity index (χ0) is 17.9. The van der Waals surface area contributed by atoms with E-state index >= 15 is 0 Å². The van der Waals surface area contributed by atoms with Crippen LogP contribution in [-0.4, -0.2) is 44.4 Å². The molecule has 2 atom stereocenters. The standard InChI is InChI=1S/C18H27N3O3S.ClH/c19-17-8-4-5-14(17)13-18(22)21-11-9-15(10-12-21)20-25(23,24)16-6-2-1-3-7-16;/h1-3,6-7,14-15,17,20H,4-5,8-13,19H2;1H/t14-,17+;/m0./s1. The van der Waals surface area contributed by atoms with E-state index in [-0.39, 0.29) is 35.3 Å². The number of carbonyl (C=O) groups excluding carboxylic acids is 1. The minimum atomic E-state index is -3.49. The third-order valence-corrected chi connectivity index (χ3v) is 6.91. The maximum atomic E-state index is 12.4. The van der Waals surface area contributed by atoms with Gasteiger partial charge in [-0.15, -0.1) is 12.4 Å². The second-order valence-electron chi connectivity index (χ2n) is 7.15. The fraction of sp³-hybridized carbons (Fsp3) is 0.611. The van der Waals surface area contributed by atoms with Gasteiger partial charge < -0.3 is 10.6 Å². The molecule has 3 rings (SSSR count). The number of carbonyl (C=O) groups is 1. The lowest BCUT2D eigenvalue weighted by Gasteiger charge is -2.33. The van der Waals surface area contributed by atoms with Gasteiger partial charge in [0.05, 0.1) is 4.90 Å². The molecule has 26 heavy (non-hydrogen) atoms. The quantitative estimate of drug-likeness (QED) is 0.788. The highest BCUT2D eigenvalue weighted by molar-refractivity contribution is 7.89. The van der Waals surface area contributed by atoms with Gasteiger partial charge in [0.2, 0.25) is 15.9 Å². The molecule has 1 saturated carbocycles. The van der Waals surface area contributed by atoms with Crippen molar-refractivity contribution in [1.29, 1.82) is 0 Å². The van der Waals surface area contributed by atoms with Crippen molar-refractivity contribution in [2.24, 2.45) is 11.7 Å². The van der Waals surface area contributed by atoms with E-state index in [4.69, 9.17) is 5.73 Å². The summed E-state index contributed by atoms with van der Waals surface area (Å²) in [7, 11) is -3.49. The molecule has 0 spiro atoms. The summed E-state index contributed by atoms with van der Waals surface area (Å²) in [6, 6.07) is 8.42. The first-order valence-corrected chi connectivity index (χ1v) is 10.5. The number of likely N-dealkylation sites (tertiary alicyclic amines) is 1. The molecule has 6 nitrogen and oxygen atoms in total. The minimum absolute atomic E-state index is 0. The van der Waals surface area contributed by atoms with Crippen molar-refractivity contribution in [3.05, 3.63) is 30.3 Å². The van der Waals surface area contributed by atoms with Crippen molar-refractivity contribution < 1.29 is 13.2 Å². The van der Waals surface area contributed by atoms with Gasteiger partial charge in [0.15, 0.2) is 0 Å². The van der Waals surface area contributed by atoms with Gasteiger partial charge in [0.25, 0.3) is 0 Å². The normalized spacial score (nSPS) is 24.3. The van der Waals surface area contributed by atoms with Crippen LogP contribution in [0.4, 0.5) is 0 Å². The number of halogens is 1. The number of amides is 1. The second kappa shape index (κ2) is 9.17. The van der Waals surface area contributed by atoms with Crippen molar-refractivity contribution in [3.63, 3.8) is 0 Å². The van der Waals surface area contributed by atoms with Gasteiger partial charge in [-0.1, -0.05) is 24.6 Å². The van der Waals surface area contributed by atoms with Crippen LogP contribution in [0.2, 0.25) is 0 Å². The van der Waals surface area contributed by atoms with Crippen LogP contribution in [0.5, 0.6) is 0 Å². The van der Waals surface area contributed by atoms with Crippen molar-refractivity contribution in [2.45, 2.75) is 55.5 Å². The smallest absolute Gasteiger partial charge is 0.240 e. The molecule has 1 aromatic carbocycles. The number of piperidine rings is 1. The van der Waals surface area contributed by atoms with Crippen LogP contribution < -0.4 is 10.5 Å². The monoisotopic (exact) mass is 401 g/mol. The Balaban J connectivity index is 0.00000243. The molecule has 2 aliphatic rings. The number of hydrogen-bond acceptors (Lipinski definition) is 4. The Morgan fingerprint density at radius 1 is 1.12 bits per heavy atom. The highest BCUT2D eigenvalue weighted by Crippen LogP contribution is 2.28. The van der Waals surface area contributed by atoms with Gasteiger partial charge in [0.1, 0.15) is 0 Å². The van der Waals surface area contributed by atoms with Crippen molar-refractivity contribution >= 4 is 28.3 Å². The molecule has 1 amide bonds. The zero-order valence-electron chi connectivity index (χ0n) is 14.8. The first-order chi connectivity index (χ1) is 12.0. The first-order valence-electron chi connectivity index (χ1n) is 9.06. The second-order valence-corrected chi connectivity index (χ2v) is 8.86. The maximum Gasteiger partial charge on any atom is 0.240 e. The van der Waals surface area contributed by atoms with Crippen LogP contribution in [-0.2, 0) is 14.8 Å². The highest BCUT2D eigenvalue weighted by Gasteiger charge is 2.30.